The maximum Gasteiger partial charge on any atom is 0.327 e. The molecule has 2 unspecified atom stereocenters. The van der Waals surface area contributed by atoms with Crippen LogP contribution in [-0.2, 0) is 4.79 Å². The van der Waals surface area contributed by atoms with Crippen LogP contribution in [0, 0.1) is 0 Å². The van der Waals surface area contributed by atoms with Crippen molar-refractivity contribution in [3.63, 3.8) is 0 Å². The molecule has 108 valence electrons. The van der Waals surface area contributed by atoms with E-state index in [1.54, 1.807) is 16.7 Å². The van der Waals surface area contributed by atoms with Gasteiger partial charge in [0.15, 0.2) is 0 Å². The van der Waals surface area contributed by atoms with Crippen molar-refractivity contribution in [3.8, 4) is 0 Å². The number of nitrogens with zero attached hydrogens (tertiary/aromatic N) is 3. The number of aliphatic carboxylic acids is 1. The number of carbonyl (C=O) groups excluding carboxylic acids is 1. The highest BCUT2D eigenvalue weighted by Gasteiger charge is 2.37. The van der Waals surface area contributed by atoms with Crippen LogP contribution >= 0.6 is 11.8 Å². The first-order chi connectivity index (χ1) is 9.00. The van der Waals surface area contributed by atoms with Crippen LogP contribution in [0.25, 0.3) is 0 Å². The summed E-state index contributed by atoms with van der Waals surface area (Å²) in [6, 6.07) is -0.409. The van der Waals surface area contributed by atoms with E-state index in [2.05, 4.69) is 4.90 Å². The molecule has 2 fully saturated rings. The Hall–Kier alpha value is -0.950. The number of carboxylic acid groups (broad SMARTS) is 1. The van der Waals surface area contributed by atoms with Crippen molar-refractivity contribution in [1.82, 2.24) is 14.7 Å². The van der Waals surface area contributed by atoms with Crippen molar-refractivity contribution in [2.24, 2.45) is 0 Å². The molecule has 0 radical (unpaired) electrons. The maximum atomic E-state index is 12.4. The molecule has 2 aliphatic rings. The van der Waals surface area contributed by atoms with Gasteiger partial charge < -0.3 is 19.8 Å². The van der Waals surface area contributed by atoms with Gasteiger partial charge in [0.2, 0.25) is 0 Å². The van der Waals surface area contributed by atoms with Crippen LogP contribution in [0.4, 0.5) is 4.79 Å². The molecule has 0 aromatic heterocycles. The van der Waals surface area contributed by atoms with E-state index >= 15 is 0 Å². The van der Waals surface area contributed by atoms with Crippen molar-refractivity contribution in [2.45, 2.75) is 18.5 Å². The number of hydrogen-bond donors (Lipinski definition) is 1. The zero-order valence-electron chi connectivity index (χ0n) is 11.4. The normalized spacial score (nSPS) is 27.9. The fraction of sp³-hybridized carbons (Fsp3) is 0.833. The minimum absolute atomic E-state index is 0.114. The first kappa shape index (κ1) is 14.5. The van der Waals surface area contributed by atoms with Crippen LogP contribution in [0.1, 0.15) is 6.42 Å². The summed E-state index contributed by atoms with van der Waals surface area (Å²) in [6.45, 7) is 1.95. The van der Waals surface area contributed by atoms with Crippen LogP contribution in [0.15, 0.2) is 0 Å². The zero-order valence-corrected chi connectivity index (χ0v) is 12.2. The van der Waals surface area contributed by atoms with Gasteiger partial charge in [-0.15, -0.1) is 0 Å². The maximum absolute atomic E-state index is 12.4. The molecule has 0 aliphatic carbocycles. The Bertz CT molecular complexity index is 364. The largest absolute Gasteiger partial charge is 0.480 e. The third kappa shape index (κ3) is 3.14. The molecular formula is C12H21N3O3S. The lowest BCUT2D eigenvalue weighted by Crippen LogP contribution is -2.54. The Balaban J connectivity index is 2.00. The number of amides is 2. The van der Waals surface area contributed by atoms with E-state index < -0.39 is 12.0 Å². The smallest absolute Gasteiger partial charge is 0.327 e. The molecule has 19 heavy (non-hydrogen) atoms. The zero-order chi connectivity index (χ0) is 14.0. The van der Waals surface area contributed by atoms with Crippen molar-refractivity contribution in [1.29, 1.82) is 0 Å². The fourth-order valence-corrected chi connectivity index (χ4v) is 3.59. The molecular weight excluding hydrogens is 266 g/mol. The van der Waals surface area contributed by atoms with Crippen molar-refractivity contribution < 1.29 is 14.7 Å². The van der Waals surface area contributed by atoms with Gasteiger partial charge in [0.1, 0.15) is 6.04 Å². The van der Waals surface area contributed by atoms with Gasteiger partial charge in [-0.05, 0) is 20.5 Å². The van der Waals surface area contributed by atoms with Crippen LogP contribution in [0.5, 0.6) is 0 Å². The number of likely N-dealkylation sites (N-methyl/N-ethyl adjacent to an activating group) is 1. The summed E-state index contributed by atoms with van der Waals surface area (Å²) in [4.78, 5) is 29.1. The minimum Gasteiger partial charge on any atom is -0.480 e. The topological polar surface area (TPSA) is 64.1 Å². The monoisotopic (exact) mass is 287 g/mol. The van der Waals surface area contributed by atoms with E-state index in [-0.39, 0.29) is 6.03 Å². The third-order valence-electron chi connectivity index (χ3n) is 3.82. The molecule has 0 saturated carbocycles. The molecule has 2 aliphatic heterocycles. The molecule has 2 amide bonds. The van der Waals surface area contributed by atoms with Crippen LogP contribution in [0.3, 0.4) is 0 Å². The van der Waals surface area contributed by atoms with E-state index in [0.717, 1.165) is 18.7 Å². The van der Waals surface area contributed by atoms with Crippen LogP contribution in [-0.4, -0.2) is 89.1 Å². The Morgan fingerprint density at radius 2 is 2.05 bits per heavy atom. The van der Waals surface area contributed by atoms with Crippen molar-refractivity contribution >= 4 is 23.8 Å². The first-order valence-electron chi connectivity index (χ1n) is 6.53. The number of carbonyl (C=O) groups is 2. The van der Waals surface area contributed by atoms with Gasteiger partial charge in [-0.3, -0.25) is 0 Å². The van der Waals surface area contributed by atoms with E-state index in [0.29, 0.717) is 24.9 Å². The van der Waals surface area contributed by atoms with E-state index in [9.17, 15) is 14.7 Å². The summed E-state index contributed by atoms with van der Waals surface area (Å²) in [5.41, 5.74) is 0. The predicted molar refractivity (Wildman–Crippen MR) is 74.5 cm³/mol. The lowest BCUT2D eigenvalue weighted by atomic mass is 10.2. The lowest BCUT2D eigenvalue weighted by molar-refractivity contribution is -0.141. The summed E-state index contributed by atoms with van der Waals surface area (Å²) >= 11 is 1.60. The Kier molecular flexibility index (Phi) is 4.57. The van der Waals surface area contributed by atoms with Gasteiger partial charge in [-0.25, -0.2) is 9.59 Å². The summed E-state index contributed by atoms with van der Waals surface area (Å²) < 4.78 is 0. The fourth-order valence-electron chi connectivity index (χ4n) is 2.56. The number of thioether (sulfide) groups is 1. The molecule has 1 N–H and O–H groups in total. The van der Waals surface area contributed by atoms with Gasteiger partial charge >= 0.3 is 12.0 Å². The molecule has 2 rings (SSSR count). The van der Waals surface area contributed by atoms with E-state index in [1.165, 1.54) is 4.90 Å². The van der Waals surface area contributed by atoms with Gasteiger partial charge in [0.05, 0.1) is 0 Å². The Morgan fingerprint density at radius 3 is 2.63 bits per heavy atom. The molecule has 7 heteroatoms. The molecule has 0 aromatic carbocycles. The standard InChI is InChI=1S/C12H21N3O3S/c1-13(2)9-3-4-14(7-9)12(18)15-5-6-19-8-10(15)11(16)17/h9-10H,3-8H2,1-2H3,(H,16,17). The lowest BCUT2D eigenvalue weighted by Gasteiger charge is -2.35. The van der Waals surface area contributed by atoms with Crippen LogP contribution in [0.2, 0.25) is 0 Å². The second-order valence-corrected chi connectivity index (χ2v) is 6.41. The average Bonchev–Trinajstić information content (AvgIpc) is 2.87. The van der Waals surface area contributed by atoms with Gasteiger partial charge in [0, 0.05) is 37.2 Å². The second kappa shape index (κ2) is 6.00. The molecule has 0 bridgehead atoms. The van der Waals surface area contributed by atoms with Crippen LogP contribution < -0.4 is 0 Å². The number of rotatable bonds is 2. The van der Waals surface area contributed by atoms with Gasteiger partial charge in [-0.1, -0.05) is 0 Å². The molecule has 2 atom stereocenters. The number of carboxylic acids is 1. The summed E-state index contributed by atoms with van der Waals surface area (Å²) in [7, 11) is 4.02. The summed E-state index contributed by atoms with van der Waals surface area (Å²) in [5.74, 6) is 0.413. The second-order valence-electron chi connectivity index (χ2n) is 5.26. The van der Waals surface area contributed by atoms with E-state index in [1.807, 2.05) is 14.1 Å². The van der Waals surface area contributed by atoms with Crippen molar-refractivity contribution in [3.05, 3.63) is 0 Å². The molecule has 2 saturated heterocycles. The average molecular weight is 287 g/mol. The number of likely N-dealkylation sites (tertiary alicyclic amines) is 1. The quantitative estimate of drug-likeness (QED) is 0.788. The predicted octanol–water partition coefficient (Wildman–Crippen LogP) is 0.244. The summed E-state index contributed by atoms with van der Waals surface area (Å²) in [5, 5.41) is 9.21. The SMILES string of the molecule is CN(C)C1CCN(C(=O)N2CCSCC2C(=O)O)C1. The Morgan fingerprint density at radius 1 is 1.32 bits per heavy atom. The van der Waals surface area contributed by atoms with Gasteiger partial charge in [0.25, 0.3) is 0 Å². The molecule has 0 aromatic rings. The highest BCUT2D eigenvalue weighted by Crippen LogP contribution is 2.21. The number of hydrogen-bond acceptors (Lipinski definition) is 4. The minimum atomic E-state index is -0.899. The molecule has 6 nitrogen and oxygen atoms in total. The first-order valence-corrected chi connectivity index (χ1v) is 7.68. The highest BCUT2D eigenvalue weighted by molar-refractivity contribution is 7.99. The molecule has 2 heterocycles. The number of urea groups is 1. The van der Waals surface area contributed by atoms with Crippen molar-refractivity contribution in [2.75, 3.05) is 45.2 Å². The Labute approximate surface area is 117 Å². The van der Waals surface area contributed by atoms with E-state index in [4.69, 9.17) is 0 Å². The molecule has 0 spiro atoms. The van der Waals surface area contributed by atoms with Gasteiger partial charge in [-0.2, -0.15) is 11.8 Å². The summed E-state index contributed by atoms with van der Waals surface area (Å²) in [6.07, 6.45) is 0.957. The highest BCUT2D eigenvalue weighted by atomic mass is 32.2. The third-order valence-corrected chi connectivity index (χ3v) is 4.85.